The summed E-state index contributed by atoms with van der Waals surface area (Å²) in [6, 6.07) is 11.8. The third-order valence-corrected chi connectivity index (χ3v) is 5.46. The first-order chi connectivity index (χ1) is 13.5. The number of hydrogen-bond donors (Lipinski definition) is 2. The van der Waals surface area contributed by atoms with Gasteiger partial charge in [0.05, 0.1) is 11.3 Å². The molecule has 1 fully saturated rings. The van der Waals surface area contributed by atoms with Gasteiger partial charge in [-0.25, -0.2) is 0 Å². The number of carbonyl (C=O) groups excluding carboxylic acids is 1. The highest BCUT2D eigenvalue weighted by Gasteiger charge is 2.24. The molecule has 2 aromatic rings. The van der Waals surface area contributed by atoms with Gasteiger partial charge >= 0.3 is 0 Å². The molecule has 1 aromatic heterocycles. The van der Waals surface area contributed by atoms with Crippen molar-refractivity contribution in [3.05, 3.63) is 64.9 Å². The Hall–Kier alpha value is -2.37. The van der Waals surface area contributed by atoms with Crippen molar-refractivity contribution < 1.29 is 4.79 Å². The fraction of sp³-hybridized carbons (Fsp3) is 0.364. The zero-order valence-corrected chi connectivity index (χ0v) is 17.1. The van der Waals surface area contributed by atoms with Crippen LogP contribution in [0.5, 0.6) is 0 Å². The number of benzene rings is 1. The minimum atomic E-state index is -0.471. The number of piperidine rings is 1. The molecule has 1 saturated heterocycles. The van der Waals surface area contributed by atoms with Crippen LogP contribution in [-0.2, 0) is 4.79 Å². The maximum atomic E-state index is 12.5. The first-order valence-corrected chi connectivity index (χ1v) is 10.0. The third-order valence-electron chi connectivity index (χ3n) is 5.21. The Kier molecular flexibility index (Phi) is 6.70. The molecule has 5 nitrogen and oxygen atoms in total. The summed E-state index contributed by atoms with van der Waals surface area (Å²) in [4.78, 5) is 19.0. The Labute approximate surface area is 171 Å². The fourth-order valence-electron chi connectivity index (χ4n) is 3.61. The van der Waals surface area contributed by atoms with Crippen molar-refractivity contribution in [1.29, 1.82) is 0 Å². The number of amides is 1. The molecule has 2 heterocycles. The van der Waals surface area contributed by atoms with Crippen LogP contribution in [0.3, 0.4) is 0 Å². The van der Waals surface area contributed by atoms with Crippen LogP contribution < -0.4 is 11.1 Å². The number of nitrogens with one attached hydrogen (secondary N) is 1. The topological polar surface area (TPSA) is 71.2 Å². The normalized spacial score (nSPS) is 16.7. The SMILES string of the molecule is CC(C)N1CCC(N/C(=C(\C(N)=O)c2ccc(Cl)cc2)c2ccncc2)CC1. The van der Waals surface area contributed by atoms with E-state index in [0.29, 0.717) is 16.6 Å². The average molecular weight is 399 g/mol. The van der Waals surface area contributed by atoms with Crippen LogP contribution >= 0.6 is 11.6 Å². The maximum Gasteiger partial charge on any atom is 0.251 e. The van der Waals surface area contributed by atoms with Crippen molar-refractivity contribution >= 4 is 28.8 Å². The number of rotatable bonds is 6. The lowest BCUT2D eigenvalue weighted by Gasteiger charge is -2.36. The second-order valence-corrected chi connectivity index (χ2v) is 7.84. The largest absolute Gasteiger partial charge is 0.381 e. The van der Waals surface area contributed by atoms with E-state index in [9.17, 15) is 4.79 Å². The number of carbonyl (C=O) groups is 1. The summed E-state index contributed by atoms with van der Waals surface area (Å²) in [6.07, 6.45) is 5.47. The highest BCUT2D eigenvalue weighted by Crippen LogP contribution is 2.27. The van der Waals surface area contributed by atoms with Crippen molar-refractivity contribution in [3.8, 4) is 0 Å². The molecule has 6 heteroatoms. The summed E-state index contributed by atoms with van der Waals surface area (Å²) in [7, 11) is 0. The van der Waals surface area contributed by atoms with Crippen LogP contribution in [0, 0.1) is 0 Å². The van der Waals surface area contributed by atoms with Crippen molar-refractivity contribution in [2.75, 3.05) is 13.1 Å². The van der Waals surface area contributed by atoms with E-state index in [1.165, 1.54) is 0 Å². The molecule has 148 valence electrons. The lowest BCUT2D eigenvalue weighted by atomic mass is 9.96. The Balaban J connectivity index is 1.97. The summed E-state index contributed by atoms with van der Waals surface area (Å²) >= 11 is 6.03. The highest BCUT2D eigenvalue weighted by atomic mass is 35.5. The summed E-state index contributed by atoms with van der Waals surface area (Å²) in [5.41, 5.74) is 8.67. The second-order valence-electron chi connectivity index (χ2n) is 7.41. The zero-order valence-electron chi connectivity index (χ0n) is 16.4. The zero-order chi connectivity index (χ0) is 20.1. The predicted octanol–water partition coefficient (Wildman–Crippen LogP) is 3.55. The minimum Gasteiger partial charge on any atom is -0.381 e. The van der Waals surface area contributed by atoms with Crippen LogP contribution in [0.15, 0.2) is 48.8 Å². The van der Waals surface area contributed by atoms with Gasteiger partial charge in [-0.1, -0.05) is 23.7 Å². The molecule has 0 radical (unpaired) electrons. The van der Waals surface area contributed by atoms with E-state index in [2.05, 4.69) is 29.0 Å². The molecular weight excluding hydrogens is 372 g/mol. The molecule has 1 amide bonds. The number of nitrogens with two attached hydrogens (primary N) is 1. The number of halogens is 1. The summed E-state index contributed by atoms with van der Waals surface area (Å²) in [5, 5.41) is 4.24. The lowest BCUT2D eigenvalue weighted by Crippen LogP contribution is -2.44. The molecule has 3 N–H and O–H groups in total. The van der Waals surface area contributed by atoms with E-state index in [0.717, 1.165) is 42.8 Å². The Morgan fingerprint density at radius 3 is 2.25 bits per heavy atom. The van der Waals surface area contributed by atoms with Gasteiger partial charge in [-0.05, 0) is 56.5 Å². The monoisotopic (exact) mass is 398 g/mol. The molecule has 3 rings (SSSR count). The van der Waals surface area contributed by atoms with Crippen molar-refractivity contribution in [1.82, 2.24) is 15.2 Å². The van der Waals surface area contributed by atoms with E-state index < -0.39 is 5.91 Å². The smallest absolute Gasteiger partial charge is 0.251 e. The number of nitrogens with zero attached hydrogens (tertiary/aromatic N) is 2. The molecule has 1 aliphatic rings. The van der Waals surface area contributed by atoms with Crippen LogP contribution in [0.1, 0.15) is 37.8 Å². The van der Waals surface area contributed by atoms with E-state index >= 15 is 0 Å². The van der Waals surface area contributed by atoms with Gasteiger partial charge in [-0.2, -0.15) is 0 Å². The van der Waals surface area contributed by atoms with E-state index in [1.54, 1.807) is 24.5 Å². The van der Waals surface area contributed by atoms with Gasteiger partial charge in [0.2, 0.25) is 0 Å². The number of primary amides is 1. The molecule has 0 saturated carbocycles. The first-order valence-electron chi connectivity index (χ1n) is 9.66. The Morgan fingerprint density at radius 1 is 1.11 bits per heavy atom. The van der Waals surface area contributed by atoms with Crippen molar-refractivity contribution in [2.24, 2.45) is 5.73 Å². The molecule has 28 heavy (non-hydrogen) atoms. The second kappa shape index (κ2) is 9.22. The summed E-state index contributed by atoms with van der Waals surface area (Å²) in [6.45, 7) is 6.52. The van der Waals surface area contributed by atoms with E-state index in [-0.39, 0.29) is 6.04 Å². The van der Waals surface area contributed by atoms with Gasteiger partial charge < -0.3 is 16.0 Å². The Bertz CT molecular complexity index is 825. The fourth-order valence-corrected chi connectivity index (χ4v) is 3.74. The van der Waals surface area contributed by atoms with Crippen LogP contribution in [-0.4, -0.2) is 41.0 Å². The molecule has 0 aliphatic carbocycles. The first kappa shape index (κ1) is 20.4. The maximum absolute atomic E-state index is 12.5. The van der Waals surface area contributed by atoms with Gasteiger partial charge in [-0.15, -0.1) is 0 Å². The number of hydrogen-bond acceptors (Lipinski definition) is 4. The molecular formula is C22H27ClN4O. The summed E-state index contributed by atoms with van der Waals surface area (Å²) in [5.74, 6) is -0.471. The third kappa shape index (κ3) is 4.91. The van der Waals surface area contributed by atoms with Crippen molar-refractivity contribution in [3.63, 3.8) is 0 Å². The lowest BCUT2D eigenvalue weighted by molar-refractivity contribution is -0.112. The molecule has 1 aromatic carbocycles. The van der Waals surface area contributed by atoms with Gasteiger partial charge in [0.25, 0.3) is 5.91 Å². The molecule has 1 aliphatic heterocycles. The molecule has 0 spiro atoms. The number of pyridine rings is 1. The summed E-state index contributed by atoms with van der Waals surface area (Å²) < 4.78 is 0. The molecule has 0 bridgehead atoms. The average Bonchev–Trinajstić information content (AvgIpc) is 2.69. The van der Waals surface area contributed by atoms with Gasteiger partial charge in [0, 0.05) is 48.2 Å². The number of aromatic nitrogens is 1. The molecule has 0 unspecified atom stereocenters. The van der Waals surface area contributed by atoms with Gasteiger partial charge in [0.15, 0.2) is 0 Å². The van der Waals surface area contributed by atoms with Crippen molar-refractivity contribution in [2.45, 2.75) is 38.8 Å². The highest BCUT2D eigenvalue weighted by molar-refractivity contribution is 6.31. The van der Waals surface area contributed by atoms with Crippen LogP contribution in [0.25, 0.3) is 11.3 Å². The van der Waals surface area contributed by atoms with Crippen LogP contribution in [0.4, 0.5) is 0 Å². The van der Waals surface area contributed by atoms with Gasteiger partial charge in [0.1, 0.15) is 0 Å². The minimum absolute atomic E-state index is 0.278. The Morgan fingerprint density at radius 2 is 1.71 bits per heavy atom. The van der Waals surface area contributed by atoms with Gasteiger partial charge in [-0.3, -0.25) is 9.78 Å². The van der Waals surface area contributed by atoms with E-state index in [4.69, 9.17) is 17.3 Å². The predicted molar refractivity (Wildman–Crippen MR) is 115 cm³/mol. The van der Waals surface area contributed by atoms with E-state index in [1.807, 2.05) is 24.3 Å². The van der Waals surface area contributed by atoms with Crippen LogP contribution in [0.2, 0.25) is 5.02 Å². The standard InChI is InChI=1S/C22H27ClN4O/c1-15(2)27-13-9-19(10-14-27)26-21(17-7-11-25-12-8-17)20(22(24)28)16-3-5-18(23)6-4-16/h3-8,11-12,15,19,26H,9-10,13-14H2,1-2H3,(H2,24,28)/b21-20-. The molecule has 0 atom stereocenters. The number of likely N-dealkylation sites (tertiary alicyclic amines) is 1. The quantitative estimate of drug-likeness (QED) is 0.730.